The highest BCUT2D eigenvalue weighted by Gasteiger charge is 2.30. The number of imidazole rings is 4. The normalized spacial score (nSPS) is 13.7. The molecule has 31 heteroatoms. The second kappa shape index (κ2) is 40.0. The third kappa shape index (κ3) is 21.5. The first-order valence-electron chi connectivity index (χ1n) is 43.2. The molecule has 0 bridgehead atoms. The number of nitrogens with zero attached hydrogens (tertiary/aromatic N) is 16. The fourth-order valence-electron chi connectivity index (χ4n) is 16.5. The van der Waals surface area contributed by atoms with E-state index in [2.05, 4.69) is 33.8 Å². The number of hydrogen-bond acceptors (Lipinski definition) is 17. The number of hydrogen-bond donors (Lipinski definition) is 1. The number of nitrogens with two attached hydrogens (primary N) is 1. The minimum Gasteiger partial charge on any atom is -0.375 e. The van der Waals surface area contributed by atoms with Gasteiger partial charge < -0.3 is 43.6 Å². The minimum absolute atomic E-state index is 0.00512. The summed E-state index contributed by atoms with van der Waals surface area (Å²) in [5.41, 5.74) is 20.1. The Hall–Kier alpha value is -12.8. The van der Waals surface area contributed by atoms with E-state index in [1.54, 1.807) is 143 Å². The molecule has 12 heterocycles. The van der Waals surface area contributed by atoms with E-state index < -0.39 is 0 Å². The molecule has 0 radical (unpaired) electrons. The van der Waals surface area contributed by atoms with Gasteiger partial charge in [0.05, 0.1) is 60.6 Å². The van der Waals surface area contributed by atoms with Gasteiger partial charge in [-0.3, -0.25) is 19.2 Å². The molecule has 19 rings (SSSR count). The van der Waals surface area contributed by atoms with Gasteiger partial charge in [0.15, 0.2) is 5.13 Å². The van der Waals surface area contributed by atoms with Gasteiger partial charge in [-0.05, 0) is 186 Å². The summed E-state index contributed by atoms with van der Waals surface area (Å²) in [4.78, 5) is 103. The molecule has 0 aliphatic carbocycles. The molecule has 0 atom stereocenters. The van der Waals surface area contributed by atoms with Crippen LogP contribution >= 0.6 is 45.3 Å². The maximum Gasteiger partial charge on any atom is 0.242 e. The zero-order chi connectivity index (χ0) is 91.1. The minimum atomic E-state index is -0.349. The Morgan fingerprint density at radius 2 is 0.600 bits per heavy atom. The number of fused-ring (bicyclic) bond motifs is 4. The number of carbonyl (C=O) groups is 4. The van der Waals surface area contributed by atoms with Gasteiger partial charge in [0.2, 0.25) is 23.6 Å². The van der Waals surface area contributed by atoms with Gasteiger partial charge >= 0.3 is 0 Å². The maximum absolute atomic E-state index is 13.8. The Bertz CT molecular complexity index is 6320. The van der Waals surface area contributed by atoms with E-state index in [4.69, 9.17) is 25.7 Å². The van der Waals surface area contributed by atoms with Crippen molar-refractivity contribution in [3.8, 4) is 79.2 Å². The number of aromatic nitrogens is 12. The molecule has 7 aromatic carbocycles. The lowest BCUT2D eigenvalue weighted by Crippen LogP contribution is -2.36. The fourth-order valence-corrected chi connectivity index (χ4v) is 20.3. The van der Waals surface area contributed by atoms with E-state index in [9.17, 15) is 45.5 Å². The average molecular weight is 1830 g/mol. The predicted octanol–water partition coefficient (Wildman–Crippen LogP) is 18.9. The van der Waals surface area contributed by atoms with Crippen LogP contribution in [-0.2, 0) is 96.7 Å². The van der Waals surface area contributed by atoms with E-state index in [1.165, 1.54) is 80.6 Å². The topological polar surface area (TPSA) is 230 Å². The van der Waals surface area contributed by atoms with Crippen molar-refractivity contribution < 1.29 is 45.5 Å². The van der Waals surface area contributed by atoms with Crippen molar-refractivity contribution in [1.29, 1.82) is 0 Å². The number of nitrogen functional groups attached to an aromatic ring is 1. The molecule has 0 saturated carbocycles. The van der Waals surface area contributed by atoms with E-state index >= 15 is 0 Å². The second-order valence-corrected chi connectivity index (χ2v) is 38.0. The van der Waals surface area contributed by atoms with E-state index in [-0.39, 0.29) is 90.6 Å². The standard InChI is InChI=1S/C26H24F2N4OS.C25H23F2N5OS.C25H23FN4OS.C23H27FN4OS/c1-16-13-19(5-8-21(16)28)23-14-32(26(30-23)18-3-6-20(27)7-4-18)15-25(33)31-11-9-22-24(10-12-31)34-17(2)29-22;1-15-12-17(4-7-19(15)27)21-13-32(24(29-21)16-2-5-18(26)6-3-16)14-23(33)31-10-8-20-22(9-11-31)34-25(28)30-20;1-17-27-21-11-13-29(14-12-23(21)32-17)24(31)16-30-15-22(18-7-9-20(26)10-8-18)28-25(30)19-5-3-2-4-6-19;1-14(2)23-26-20(17-5-6-18(24)15(3)11-17)12-28(23)13-22(29)27-9-7-19-21(8-10-27)30-16(4)25-19/h3-8,13-14H,9-12,15H2,1-2H3;2-7,12-13H,8-11,14H2,1H3,(H2,28,30);2-10,15H,11-14,16H2,1H3;5-6,11-12,14H,7-10,13H2,1-4H3. The number of halogens is 6. The zero-order valence-electron chi connectivity index (χ0n) is 73.3. The highest BCUT2D eigenvalue weighted by molar-refractivity contribution is 7.15. The van der Waals surface area contributed by atoms with E-state index in [1.807, 2.05) is 98.4 Å². The maximum atomic E-state index is 13.8. The van der Waals surface area contributed by atoms with Gasteiger partial charge in [-0.2, -0.15) is 0 Å². The number of rotatable bonds is 16. The van der Waals surface area contributed by atoms with Crippen molar-refractivity contribution in [3.63, 3.8) is 0 Å². The van der Waals surface area contributed by atoms with Crippen LogP contribution in [0.1, 0.15) is 99.6 Å². The Labute approximate surface area is 765 Å². The summed E-state index contributed by atoms with van der Waals surface area (Å²) >= 11 is 6.66. The molecule has 4 amide bonds. The van der Waals surface area contributed by atoms with Crippen LogP contribution in [0.4, 0.5) is 31.5 Å². The van der Waals surface area contributed by atoms with Gasteiger partial charge in [0.1, 0.15) is 84.4 Å². The van der Waals surface area contributed by atoms with Crippen LogP contribution in [-0.4, -0.2) is 154 Å². The average Bonchev–Trinajstić information content (AvgIpc) is 1.65. The van der Waals surface area contributed by atoms with Crippen molar-refractivity contribution >= 4 is 74.1 Å². The molecular weight excluding hydrogens is 1730 g/mol. The second-order valence-electron chi connectivity index (χ2n) is 33.0. The molecule has 8 aromatic heterocycles. The fraction of sp³-hybridized carbons (Fsp3) is 0.293. The summed E-state index contributed by atoms with van der Waals surface area (Å²) in [5, 5.41) is 3.82. The summed E-state index contributed by atoms with van der Waals surface area (Å²) in [6, 6.07) is 42.8. The van der Waals surface area contributed by atoms with Crippen molar-refractivity contribution in [2.24, 2.45) is 0 Å². The summed E-state index contributed by atoms with van der Waals surface area (Å²) in [6.07, 6.45) is 13.7. The third-order valence-corrected chi connectivity index (χ3v) is 27.6. The first-order chi connectivity index (χ1) is 62.6. The number of amides is 4. The third-order valence-electron chi connectivity index (χ3n) is 23.4. The summed E-state index contributed by atoms with van der Waals surface area (Å²) in [6.45, 7) is 21.3. The lowest BCUT2D eigenvalue weighted by atomic mass is 10.1. The van der Waals surface area contributed by atoms with E-state index in [0.717, 1.165) is 145 Å². The van der Waals surface area contributed by atoms with Crippen LogP contribution in [0.3, 0.4) is 0 Å². The molecule has 2 N–H and O–H groups in total. The van der Waals surface area contributed by atoms with Gasteiger partial charge in [-0.25, -0.2) is 66.2 Å². The molecule has 668 valence electrons. The largest absolute Gasteiger partial charge is 0.375 e. The van der Waals surface area contributed by atoms with Gasteiger partial charge in [0, 0.05) is 193 Å². The van der Waals surface area contributed by atoms with Crippen LogP contribution < -0.4 is 5.73 Å². The summed E-state index contributed by atoms with van der Waals surface area (Å²) in [7, 11) is 0. The number of thiazole rings is 4. The number of carbonyl (C=O) groups excluding carboxylic acids is 4. The van der Waals surface area contributed by atoms with Crippen molar-refractivity contribution in [1.82, 2.24) is 77.7 Å². The van der Waals surface area contributed by atoms with E-state index in [0.29, 0.717) is 108 Å². The Morgan fingerprint density at radius 3 is 0.938 bits per heavy atom. The molecule has 4 aliphatic rings. The Morgan fingerprint density at radius 1 is 0.323 bits per heavy atom. The van der Waals surface area contributed by atoms with Crippen LogP contribution in [0.25, 0.3) is 79.2 Å². The number of benzene rings is 7. The Balaban J connectivity index is 0.000000127. The SMILES string of the molecule is Cc1cc(-c2cn(CC(=O)N3CCc4nc(N)sc4CC3)c(-c3ccc(F)cc3)n2)ccc1F.Cc1nc2c(s1)CCN(C(=O)Cn1cc(-c3ccc(F)c(C)c3)nc1-c1ccc(F)cc1)CC2.Cc1nc2c(s1)CCN(C(=O)Cn1cc(-c3ccc(F)c(C)c3)nc1C(C)C)CC2.Cc1nc2c(s1)CCN(C(=O)Cn1cc(-c3ccc(F)cc3)nc1-c1ccccc1)CC2. The van der Waals surface area contributed by atoms with Crippen molar-refractivity contribution in [3.05, 3.63) is 297 Å². The smallest absolute Gasteiger partial charge is 0.242 e. The highest BCUT2D eigenvalue weighted by Crippen LogP contribution is 2.35. The predicted molar refractivity (Wildman–Crippen MR) is 498 cm³/mol. The first kappa shape index (κ1) is 90.5. The lowest BCUT2D eigenvalue weighted by molar-refractivity contribution is -0.132. The molecule has 0 fully saturated rings. The molecule has 4 aliphatic heterocycles. The Kier molecular flexibility index (Phi) is 27.9. The zero-order valence-corrected chi connectivity index (χ0v) is 76.6. The summed E-state index contributed by atoms with van der Waals surface area (Å²) < 4.78 is 89.1. The highest BCUT2D eigenvalue weighted by atomic mass is 32.1. The lowest BCUT2D eigenvalue weighted by Gasteiger charge is -2.21. The number of aryl methyl sites for hydroxylation is 6. The van der Waals surface area contributed by atoms with Crippen molar-refractivity contribution in [2.75, 3.05) is 58.1 Å². The molecule has 15 aromatic rings. The molecular formula is C99H97F6N17O4S4. The van der Waals surface area contributed by atoms with Crippen molar-refractivity contribution in [2.45, 2.75) is 139 Å². The van der Waals surface area contributed by atoms with Crippen LogP contribution in [0.15, 0.2) is 183 Å². The molecule has 0 saturated heterocycles. The van der Waals surface area contributed by atoms with Crippen LogP contribution in [0, 0.1) is 76.4 Å². The molecule has 0 unspecified atom stereocenters. The summed E-state index contributed by atoms with van der Waals surface area (Å²) in [5.74, 6) is 1.24. The van der Waals surface area contributed by atoms with Crippen LogP contribution in [0.5, 0.6) is 0 Å². The molecule has 21 nitrogen and oxygen atoms in total. The number of anilines is 1. The van der Waals surface area contributed by atoms with Gasteiger partial charge in [-0.1, -0.05) is 44.2 Å². The monoisotopic (exact) mass is 1830 g/mol. The van der Waals surface area contributed by atoms with Gasteiger partial charge in [0.25, 0.3) is 0 Å². The van der Waals surface area contributed by atoms with Crippen LogP contribution in [0.2, 0.25) is 0 Å². The first-order valence-corrected chi connectivity index (χ1v) is 46.5. The van der Waals surface area contributed by atoms with Gasteiger partial charge in [-0.15, -0.1) is 45.3 Å². The quantitative estimate of drug-likeness (QED) is 0.0888. The molecule has 0 spiro atoms. The molecule has 130 heavy (non-hydrogen) atoms.